The van der Waals surface area contributed by atoms with Crippen molar-refractivity contribution in [3.63, 3.8) is 0 Å². The van der Waals surface area contributed by atoms with Crippen LogP contribution in [0, 0.1) is 0 Å². The van der Waals surface area contributed by atoms with Gasteiger partial charge in [0, 0.05) is 18.7 Å². The van der Waals surface area contributed by atoms with E-state index in [1.165, 1.54) is 4.90 Å². The molecule has 2 aromatic carbocycles. The predicted molar refractivity (Wildman–Crippen MR) is 123 cm³/mol. The fourth-order valence-corrected chi connectivity index (χ4v) is 3.64. The van der Waals surface area contributed by atoms with Crippen molar-refractivity contribution in [1.29, 1.82) is 0 Å². The summed E-state index contributed by atoms with van der Waals surface area (Å²) in [5, 5.41) is 11.1. The van der Waals surface area contributed by atoms with E-state index in [1.807, 2.05) is 38.1 Å². The zero-order chi connectivity index (χ0) is 23.3. The molecule has 0 bridgehead atoms. The molecule has 32 heavy (non-hydrogen) atoms. The SMILES string of the molecule is CCCOc1ccc(C(O)=C2C(=O)C(=O)N(CCN(C)C)[C@@H]2c2ccc(OC)cc2)cc1. The molecule has 7 nitrogen and oxygen atoms in total. The second-order valence-electron chi connectivity index (χ2n) is 7.94. The summed E-state index contributed by atoms with van der Waals surface area (Å²) in [7, 11) is 5.38. The summed E-state index contributed by atoms with van der Waals surface area (Å²) in [5.41, 5.74) is 1.27. The standard InChI is InChI=1S/C25H30N2O5/c1-5-16-32-20-12-8-18(9-13-20)23(28)21-22(17-6-10-19(31-4)11-7-17)27(15-14-26(2)3)25(30)24(21)29/h6-13,22,28H,5,14-16H2,1-4H3/t22-/m1/s1. The Hall–Kier alpha value is -3.32. The highest BCUT2D eigenvalue weighted by Crippen LogP contribution is 2.39. The largest absolute Gasteiger partial charge is 0.507 e. The van der Waals surface area contributed by atoms with Gasteiger partial charge in [-0.1, -0.05) is 19.1 Å². The number of aliphatic hydroxyl groups is 1. The molecule has 7 heteroatoms. The molecule has 1 amide bonds. The number of methoxy groups -OCH3 is 1. The Morgan fingerprint density at radius 2 is 1.66 bits per heavy atom. The minimum Gasteiger partial charge on any atom is -0.507 e. The molecule has 0 aromatic heterocycles. The Bertz CT molecular complexity index is 980. The van der Waals surface area contributed by atoms with Crippen LogP contribution in [-0.4, -0.2) is 67.5 Å². The van der Waals surface area contributed by atoms with Gasteiger partial charge in [-0.2, -0.15) is 0 Å². The first-order valence-corrected chi connectivity index (χ1v) is 10.7. The van der Waals surface area contributed by atoms with Gasteiger partial charge in [0.1, 0.15) is 17.3 Å². The third-order valence-electron chi connectivity index (χ3n) is 5.36. The summed E-state index contributed by atoms with van der Waals surface area (Å²) in [4.78, 5) is 29.4. The van der Waals surface area contributed by atoms with Gasteiger partial charge in [-0.25, -0.2) is 0 Å². The Morgan fingerprint density at radius 3 is 2.22 bits per heavy atom. The van der Waals surface area contributed by atoms with Gasteiger partial charge in [0.05, 0.1) is 25.3 Å². The predicted octanol–water partition coefficient (Wildman–Crippen LogP) is 3.47. The first-order valence-electron chi connectivity index (χ1n) is 10.7. The van der Waals surface area contributed by atoms with E-state index in [9.17, 15) is 14.7 Å². The Morgan fingerprint density at radius 1 is 1.03 bits per heavy atom. The number of hydrogen-bond acceptors (Lipinski definition) is 6. The first kappa shape index (κ1) is 23.3. The number of likely N-dealkylation sites (N-methyl/N-ethyl adjacent to an activating group) is 1. The van der Waals surface area contributed by atoms with Gasteiger partial charge < -0.3 is 24.4 Å². The zero-order valence-corrected chi connectivity index (χ0v) is 19.0. The molecule has 1 heterocycles. The van der Waals surface area contributed by atoms with E-state index >= 15 is 0 Å². The lowest BCUT2D eigenvalue weighted by Gasteiger charge is -2.26. The van der Waals surface area contributed by atoms with Crippen molar-refractivity contribution < 1.29 is 24.2 Å². The zero-order valence-electron chi connectivity index (χ0n) is 19.0. The van der Waals surface area contributed by atoms with E-state index in [0.29, 0.717) is 36.8 Å². The molecule has 0 saturated carbocycles. The van der Waals surface area contributed by atoms with Crippen molar-refractivity contribution >= 4 is 17.4 Å². The van der Waals surface area contributed by atoms with Gasteiger partial charge in [0.2, 0.25) is 0 Å². The van der Waals surface area contributed by atoms with Crippen LogP contribution in [0.4, 0.5) is 0 Å². The average Bonchev–Trinajstić information content (AvgIpc) is 3.06. The first-order chi connectivity index (χ1) is 15.4. The summed E-state index contributed by atoms with van der Waals surface area (Å²) < 4.78 is 10.8. The van der Waals surface area contributed by atoms with Crippen molar-refractivity contribution in [1.82, 2.24) is 9.80 Å². The molecule has 1 aliphatic rings. The van der Waals surface area contributed by atoms with Gasteiger partial charge in [-0.15, -0.1) is 0 Å². The fourth-order valence-electron chi connectivity index (χ4n) is 3.64. The number of nitrogens with zero attached hydrogens (tertiary/aromatic N) is 2. The van der Waals surface area contributed by atoms with Crippen LogP contribution < -0.4 is 9.47 Å². The molecule has 1 aliphatic heterocycles. The Labute approximate surface area is 188 Å². The molecular formula is C25H30N2O5. The van der Waals surface area contributed by atoms with Crippen LogP contribution >= 0.6 is 0 Å². The molecule has 170 valence electrons. The van der Waals surface area contributed by atoms with E-state index in [4.69, 9.17) is 9.47 Å². The number of amides is 1. The third-order valence-corrected chi connectivity index (χ3v) is 5.36. The number of carbonyl (C=O) groups excluding carboxylic acids is 2. The maximum Gasteiger partial charge on any atom is 0.295 e. The van der Waals surface area contributed by atoms with Gasteiger partial charge in [0.25, 0.3) is 11.7 Å². The number of ketones is 1. The molecule has 0 unspecified atom stereocenters. The van der Waals surface area contributed by atoms with E-state index in [-0.39, 0.29) is 11.3 Å². The molecule has 1 atom stereocenters. The van der Waals surface area contributed by atoms with E-state index < -0.39 is 17.7 Å². The van der Waals surface area contributed by atoms with Gasteiger partial charge in [-0.05, 0) is 62.5 Å². The molecule has 1 fully saturated rings. The van der Waals surface area contributed by atoms with Gasteiger partial charge >= 0.3 is 0 Å². The van der Waals surface area contributed by atoms with Crippen molar-refractivity contribution in [2.45, 2.75) is 19.4 Å². The van der Waals surface area contributed by atoms with Crippen molar-refractivity contribution in [2.24, 2.45) is 0 Å². The fraction of sp³-hybridized carbons (Fsp3) is 0.360. The number of carbonyl (C=O) groups is 2. The van der Waals surface area contributed by atoms with Crippen molar-refractivity contribution in [3.8, 4) is 11.5 Å². The van der Waals surface area contributed by atoms with Gasteiger partial charge in [0.15, 0.2) is 0 Å². The lowest BCUT2D eigenvalue weighted by atomic mass is 9.95. The van der Waals surface area contributed by atoms with Crippen molar-refractivity contribution in [3.05, 3.63) is 65.2 Å². The summed E-state index contributed by atoms with van der Waals surface area (Å²) >= 11 is 0. The Balaban J connectivity index is 2.04. The topological polar surface area (TPSA) is 79.3 Å². The van der Waals surface area contributed by atoms with E-state index in [1.54, 1.807) is 43.5 Å². The minimum absolute atomic E-state index is 0.0844. The van der Waals surface area contributed by atoms with E-state index in [0.717, 1.165) is 12.0 Å². The van der Waals surface area contributed by atoms with Crippen LogP contribution in [0.1, 0.15) is 30.5 Å². The van der Waals surface area contributed by atoms with Crippen LogP contribution in [0.25, 0.3) is 5.76 Å². The van der Waals surface area contributed by atoms with Crippen LogP contribution in [0.5, 0.6) is 11.5 Å². The monoisotopic (exact) mass is 438 g/mol. The lowest BCUT2D eigenvalue weighted by molar-refractivity contribution is -0.140. The van der Waals surface area contributed by atoms with Crippen LogP contribution in [-0.2, 0) is 9.59 Å². The molecule has 1 N–H and O–H groups in total. The molecule has 0 spiro atoms. The van der Waals surface area contributed by atoms with Crippen LogP contribution in [0.3, 0.4) is 0 Å². The molecule has 2 aromatic rings. The smallest absolute Gasteiger partial charge is 0.295 e. The number of aliphatic hydroxyl groups excluding tert-OH is 1. The number of Topliss-reactive ketones (excluding diaryl/α,β-unsaturated/α-hetero) is 1. The van der Waals surface area contributed by atoms with Crippen molar-refractivity contribution in [2.75, 3.05) is 40.9 Å². The quantitative estimate of drug-likeness (QED) is 0.367. The number of hydrogen-bond donors (Lipinski definition) is 1. The third kappa shape index (κ3) is 4.94. The highest BCUT2D eigenvalue weighted by Gasteiger charge is 2.45. The average molecular weight is 439 g/mol. The molecule has 0 radical (unpaired) electrons. The maximum atomic E-state index is 13.0. The van der Waals surface area contributed by atoms with Gasteiger partial charge in [-0.3, -0.25) is 9.59 Å². The minimum atomic E-state index is -0.687. The highest BCUT2D eigenvalue weighted by molar-refractivity contribution is 6.46. The summed E-state index contributed by atoms with van der Waals surface area (Å²) in [6, 6.07) is 13.4. The van der Waals surface area contributed by atoms with Crippen LogP contribution in [0.15, 0.2) is 54.1 Å². The number of likely N-dealkylation sites (tertiary alicyclic amines) is 1. The van der Waals surface area contributed by atoms with E-state index in [2.05, 4.69) is 0 Å². The second-order valence-corrected chi connectivity index (χ2v) is 7.94. The molecule has 3 rings (SSSR count). The maximum absolute atomic E-state index is 13.0. The molecular weight excluding hydrogens is 408 g/mol. The summed E-state index contributed by atoms with van der Waals surface area (Å²) in [5.74, 6) is -0.146. The summed E-state index contributed by atoms with van der Waals surface area (Å²) in [6.07, 6.45) is 0.889. The number of ether oxygens (including phenoxy) is 2. The summed E-state index contributed by atoms with van der Waals surface area (Å²) in [6.45, 7) is 3.56. The second kappa shape index (κ2) is 10.3. The highest BCUT2D eigenvalue weighted by atomic mass is 16.5. The molecule has 0 aliphatic carbocycles. The van der Waals surface area contributed by atoms with Crippen LogP contribution in [0.2, 0.25) is 0 Å². The molecule has 1 saturated heterocycles. The normalized spacial score (nSPS) is 17.8. The number of benzene rings is 2. The lowest BCUT2D eigenvalue weighted by Crippen LogP contribution is -2.35. The number of rotatable bonds is 9. The Kier molecular flexibility index (Phi) is 7.53.